The standard InChI is InChI=1S/C18H20FN3O3S/c19-14-2-1-12(3-9-25-15-4-10-26-16(15)17(20)23)11-13(14)18(24)22-7-5-21-6-8-22/h1-2,4,10-11,21H,3,5-9H2,(H2,20,23). The smallest absolute Gasteiger partial charge is 0.262 e. The highest BCUT2D eigenvalue weighted by Gasteiger charge is 2.21. The van der Waals surface area contributed by atoms with Crippen molar-refractivity contribution in [2.45, 2.75) is 6.42 Å². The van der Waals surface area contributed by atoms with E-state index in [1.807, 2.05) is 0 Å². The molecule has 0 radical (unpaired) electrons. The van der Waals surface area contributed by atoms with Crippen LogP contribution in [0.5, 0.6) is 5.75 Å². The van der Waals surface area contributed by atoms with Crippen molar-refractivity contribution >= 4 is 23.2 Å². The zero-order valence-electron chi connectivity index (χ0n) is 14.2. The number of nitrogens with one attached hydrogen (secondary N) is 1. The van der Waals surface area contributed by atoms with Crippen molar-refractivity contribution in [3.63, 3.8) is 0 Å². The van der Waals surface area contributed by atoms with E-state index in [0.29, 0.717) is 49.8 Å². The van der Waals surface area contributed by atoms with Crippen molar-refractivity contribution in [3.8, 4) is 5.75 Å². The van der Waals surface area contributed by atoms with Gasteiger partial charge in [-0.05, 0) is 29.1 Å². The molecule has 1 aliphatic rings. The second kappa shape index (κ2) is 8.29. The van der Waals surface area contributed by atoms with Crippen LogP contribution in [0.25, 0.3) is 0 Å². The SMILES string of the molecule is NC(=O)c1sccc1OCCc1ccc(F)c(C(=O)N2CCNCC2)c1. The van der Waals surface area contributed by atoms with E-state index in [2.05, 4.69) is 5.32 Å². The second-order valence-electron chi connectivity index (χ2n) is 5.93. The molecule has 8 heteroatoms. The molecular weight excluding hydrogens is 357 g/mol. The van der Waals surface area contributed by atoms with Gasteiger partial charge in [0.1, 0.15) is 16.4 Å². The summed E-state index contributed by atoms with van der Waals surface area (Å²) < 4.78 is 19.7. The van der Waals surface area contributed by atoms with Gasteiger partial charge in [0, 0.05) is 32.6 Å². The average Bonchev–Trinajstić information content (AvgIpc) is 3.12. The maximum atomic E-state index is 14.1. The number of benzene rings is 1. The lowest BCUT2D eigenvalue weighted by molar-refractivity contribution is 0.0730. The van der Waals surface area contributed by atoms with Crippen LogP contribution in [0, 0.1) is 5.82 Å². The van der Waals surface area contributed by atoms with Gasteiger partial charge >= 0.3 is 0 Å². The van der Waals surface area contributed by atoms with Crippen molar-refractivity contribution < 1.29 is 18.7 Å². The molecule has 2 heterocycles. The molecule has 3 N–H and O–H groups in total. The molecule has 0 aliphatic carbocycles. The fraction of sp³-hybridized carbons (Fsp3) is 0.333. The van der Waals surface area contributed by atoms with Crippen molar-refractivity contribution in [2.75, 3.05) is 32.8 Å². The number of amides is 2. The Morgan fingerprint density at radius 3 is 2.77 bits per heavy atom. The van der Waals surface area contributed by atoms with Gasteiger partial charge in [0.25, 0.3) is 11.8 Å². The van der Waals surface area contributed by atoms with Gasteiger partial charge in [0.2, 0.25) is 0 Å². The van der Waals surface area contributed by atoms with E-state index in [1.54, 1.807) is 28.5 Å². The molecule has 0 unspecified atom stereocenters. The molecule has 2 aromatic rings. The van der Waals surface area contributed by atoms with Crippen LogP contribution in [0.15, 0.2) is 29.6 Å². The fourth-order valence-electron chi connectivity index (χ4n) is 2.80. The van der Waals surface area contributed by atoms with Crippen molar-refractivity contribution in [2.24, 2.45) is 5.73 Å². The Balaban J connectivity index is 1.64. The Hall–Kier alpha value is -2.45. The molecule has 1 aliphatic heterocycles. The zero-order chi connectivity index (χ0) is 18.5. The van der Waals surface area contributed by atoms with Crippen LogP contribution in [-0.4, -0.2) is 49.5 Å². The molecule has 0 atom stereocenters. The van der Waals surface area contributed by atoms with Crippen molar-refractivity contribution in [1.82, 2.24) is 10.2 Å². The number of ether oxygens (including phenoxy) is 1. The highest BCUT2D eigenvalue weighted by Crippen LogP contribution is 2.24. The van der Waals surface area contributed by atoms with E-state index < -0.39 is 11.7 Å². The predicted octanol–water partition coefficient (Wildman–Crippen LogP) is 1.65. The first-order chi connectivity index (χ1) is 12.6. The van der Waals surface area contributed by atoms with Gasteiger partial charge in [-0.15, -0.1) is 11.3 Å². The van der Waals surface area contributed by atoms with Crippen LogP contribution in [0.4, 0.5) is 4.39 Å². The molecule has 3 rings (SSSR count). The number of primary amides is 1. The summed E-state index contributed by atoms with van der Waals surface area (Å²) in [5, 5.41) is 4.90. The molecule has 1 aromatic carbocycles. The molecule has 138 valence electrons. The summed E-state index contributed by atoms with van der Waals surface area (Å²) in [6, 6.07) is 6.21. The van der Waals surface area contributed by atoms with Crippen LogP contribution in [0.1, 0.15) is 25.6 Å². The van der Waals surface area contributed by atoms with Gasteiger partial charge in [-0.2, -0.15) is 0 Å². The predicted molar refractivity (Wildman–Crippen MR) is 97.2 cm³/mol. The van der Waals surface area contributed by atoms with Gasteiger partial charge in [0.05, 0.1) is 12.2 Å². The Bertz CT molecular complexity index is 803. The monoisotopic (exact) mass is 377 g/mol. The summed E-state index contributed by atoms with van der Waals surface area (Å²) in [4.78, 5) is 25.8. The number of nitrogens with two attached hydrogens (primary N) is 1. The van der Waals surface area contributed by atoms with E-state index in [0.717, 1.165) is 5.56 Å². The lowest BCUT2D eigenvalue weighted by Gasteiger charge is -2.27. The summed E-state index contributed by atoms with van der Waals surface area (Å²) in [6.45, 7) is 2.86. The highest BCUT2D eigenvalue weighted by molar-refractivity contribution is 7.12. The molecule has 26 heavy (non-hydrogen) atoms. The quantitative estimate of drug-likeness (QED) is 0.802. The first-order valence-corrected chi connectivity index (χ1v) is 9.22. The van der Waals surface area contributed by atoms with Gasteiger partial charge in [-0.25, -0.2) is 4.39 Å². The van der Waals surface area contributed by atoms with Crippen molar-refractivity contribution in [3.05, 3.63) is 51.5 Å². The molecule has 0 spiro atoms. The molecular formula is C18H20FN3O3S. The molecule has 6 nitrogen and oxygen atoms in total. The van der Waals surface area contributed by atoms with Crippen LogP contribution in [-0.2, 0) is 6.42 Å². The van der Waals surface area contributed by atoms with Gasteiger partial charge < -0.3 is 20.7 Å². The number of hydrogen-bond acceptors (Lipinski definition) is 5. The van der Waals surface area contributed by atoms with Crippen molar-refractivity contribution in [1.29, 1.82) is 0 Å². The Labute approximate surface area is 154 Å². The fourth-order valence-corrected chi connectivity index (χ4v) is 3.49. The van der Waals surface area contributed by atoms with Gasteiger partial charge in [0.15, 0.2) is 0 Å². The highest BCUT2D eigenvalue weighted by atomic mass is 32.1. The summed E-state index contributed by atoms with van der Waals surface area (Å²) in [5.41, 5.74) is 6.16. The first kappa shape index (κ1) is 18.3. The molecule has 0 bridgehead atoms. The third kappa shape index (κ3) is 4.20. The Morgan fingerprint density at radius 2 is 2.04 bits per heavy atom. The number of carbonyl (C=O) groups is 2. The minimum Gasteiger partial charge on any atom is -0.492 e. The Kier molecular flexibility index (Phi) is 5.85. The largest absolute Gasteiger partial charge is 0.492 e. The summed E-state index contributed by atoms with van der Waals surface area (Å²) >= 11 is 1.22. The zero-order valence-corrected chi connectivity index (χ0v) is 15.0. The minimum absolute atomic E-state index is 0.0813. The first-order valence-electron chi connectivity index (χ1n) is 8.35. The molecule has 1 saturated heterocycles. The number of halogens is 1. The van der Waals surface area contributed by atoms with Crippen LogP contribution in [0.3, 0.4) is 0 Å². The van der Waals surface area contributed by atoms with E-state index in [-0.39, 0.29) is 11.5 Å². The lowest BCUT2D eigenvalue weighted by Crippen LogP contribution is -2.46. The molecule has 1 fully saturated rings. The normalized spacial score (nSPS) is 14.3. The third-order valence-electron chi connectivity index (χ3n) is 4.17. The summed E-state index contributed by atoms with van der Waals surface area (Å²) in [7, 11) is 0. The van der Waals surface area contributed by atoms with E-state index in [9.17, 15) is 14.0 Å². The topological polar surface area (TPSA) is 84.7 Å². The van der Waals surface area contributed by atoms with E-state index in [4.69, 9.17) is 10.5 Å². The average molecular weight is 377 g/mol. The van der Waals surface area contributed by atoms with E-state index in [1.165, 1.54) is 17.4 Å². The number of carbonyl (C=O) groups excluding carboxylic acids is 2. The summed E-state index contributed by atoms with van der Waals surface area (Å²) in [6.07, 6.45) is 0.482. The number of hydrogen-bond donors (Lipinski definition) is 2. The maximum Gasteiger partial charge on any atom is 0.262 e. The Morgan fingerprint density at radius 1 is 1.27 bits per heavy atom. The van der Waals surface area contributed by atoms with Gasteiger partial charge in [-0.3, -0.25) is 9.59 Å². The third-order valence-corrected chi connectivity index (χ3v) is 5.08. The number of nitrogens with zero attached hydrogens (tertiary/aromatic N) is 1. The molecule has 0 saturated carbocycles. The van der Waals surface area contributed by atoms with Gasteiger partial charge in [-0.1, -0.05) is 6.07 Å². The van der Waals surface area contributed by atoms with E-state index >= 15 is 0 Å². The van der Waals surface area contributed by atoms with Crippen LogP contribution < -0.4 is 15.8 Å². The van der Waals surface area contributed by atoms with Crippen LogP contribution >= 0.6 is 11.3 Å². The minimum atomic E-state index is -0.527. The molecule has 2 amide bonds. The summed E-state index contributed by atoms with van der Waals surface area (Å²) in [5.74, 6) is -0.893. The maximum absolute atomic E-state index is 14.1. The number of piperazine rings is 1. The second-order valence-corrected chi connectivity index (χ2v) is 6.85. The lowest BCUT2D eigenvalue weighted by atomic mass is 10.1. The number of thiophene rings is 1. The van der Waals surface area contributed by atoms with Crippen LogP contribution in [0.2, 0.25) is 0 Å². The molecule has 1 aromatic heterocycles. The number of rotatable bonds is 6.